The molecule has 2 amide bonds. The number of carbonyl (C=O) groups excluding carboxylic acids is 2. The van der Waals surface area contributed by atoms with Crippen LogP contribution in [0, 0.1) is 11.8 Å². The van der Waals surface area contributed by atoms with Gasteiger partial charge in [-0.05, 0) is 25.0 Å². The van der Waals surface area contributed by atoms with E-state index in [1.807, 2.05) is 19.9 Å². The summed E-state index contributed by atoms with van der Waals surface area (Å²) >= 11 is 0. The molecule has 6 nitrogen and oxygen atoms in total. The van der Waals surface area contributed by atoms with Crippen LogP contribution in [0.3, 0.4) is 0 Å². The number of aliphatic carboxylic acids is 1. The van der Waals surface area contributed by atoms with Crippen molar-refractivity contribution in [3.63, 3.8) is 0 Å². The summed E-state index contributed by atoms with van der Waals surface area (Å²) in [4.78, 5) is 39.1. The van der Waals surface area contributed by atoms with Crippen molar-refractivity contribution < 1.29 is 19.5 Å². The van der Waals surface area contributed by atoms with E-state index in [0.29, 0.717) is 31.6 Å². The predicted octanol–water partition coefficient (Wildman–Crippen LogP) is 2.00. The largest absolute Gasteiger partial charge is 0.480 e. The second-order valence-corrected chi connectivity index (χ2v) is 6.41. The van der Waals surface area contributed by atoms with Gasteiger partial charge in [0.2, 0.25) is 11.8 Å². The fourth-order valence-electron chi connectivity index (χ4n) is 2.97. The van der Waals surface area contributed by atoms with Crippen LogP contribution < -0.4 is 4.90 Å². The fraction of sp³-hybridized carbons (Fsp3) is 0.500. The van der Waals surface area contributed by atoms with Crippen LogP contribution in [0.15, 0.2) is 30.3 Å². The third-order valence-corrected chi connectivity index (χ3v) is 4.28. The van der Waals surface area contributed by atoms with E-state index < -0.39 is 5.97 Å². The van der Waals surface area contributed by atoms with Gasteiger partial charge in [-0.3, -0.25) is 14.4 Å². The molecule has 0 unspecified atom stereocenters. The first-order valence-corrected chi connectivity index (χ1v) is 8.27. The Morgan fingerprint density at radius 3 is 2.25 bits per heavy atom. The number of piperidine rings is 1. The van der Waals surface area contributed by atoms with E-state index in [1.165, 1.54) is 4.90 Å². The Kier molecular flexibility index (Phi) is 5.95. The fourth-order valence-corrected chi connectivity index (χ4v) is 2.97. The molecule has 0 spiro atoms. The number of likely N-dealkylation sites (tertiary alicyclic amines) is 1. The van der Waals surface area contributed by atoms with Gasteiger partial charge in [0.1, 0.15) is 6.54 Å². The summed E-state index contributed by atoms with van der Waals surface area (Å²) in [5.74, 6) is -1.42. The third kappa shape index (κ3) is 4.34. The molecule has 0 radical (unpaired) electrons. The highest BCUT2D eigenvalue weighted by molar-refractivity contribution is 5.98. The number of benzene rings is 1. The lowest BCUT2D eigenvalue weighted by atomic mass is 9.94. The van der Waals surface area contributed by atoms with Gasteiger partial charge in [-0.1, -0.05) is 32.0 Å². The van der Waals surface area contributed by atoms with Crippen molar-refractivity contribution in [2.24, 2.45) is 11.8 Å². The van der Waals surface area contributed by atoms with Gasteiger partial charge < -0.3 is 14.9 Å². The standard InChI is InChI=1S/C18H24N2O4/c1-13(2)17(23)19-10-8-14(9-11-19)18(24)20(12-16(21)22)15-6-4-3-5-7-15/h3-7,13-14H,8-12H2,1-2H3,(H,21,22). The molecule has 1 N–H and O–H groups in total. The first kappa shape index (κ1) is 18.0. The SMILES string of the molecule is CC(C)C(=O)N1CCC(C(=O)N(CC(=O)O)c2ccccc2)CC1. The Balaban J connectivity index is 2.06. The predicted molar refractivity (Wildman–Crippen MR) is 90.6 cm³/mol. The van der Waals surface area contributed by atoms with Crippen molar-refractivity contribution in [3.8, 4) is 0 Å². The van der Waals surface area contributed by atoms with Crippen molar-refractivity contribution in [1.29, 1.82) is 0 Å². The first-order valence-electron chi connectivity index (χ1n) is 8.27. The molecule has 0 saturated carbocycles. The third-order valence-electron chi connectivity index (χ3n) is 4.28. The van der Waals surface area contributed by atoms with Crippen molar-refractivity contribution >= 4 is 23.5 Å². The Bertz CT molecular complexity index is 592. The van der Waals surface area contributed by atoms with E-state index in [2.05, 4.69) is 0 Å². The minimum absolute atomic E-state index is 0.0509. The number of nitrogens with zero attached hydrogens (tertiary/aromatic N) is 2. The van der Waals surface area contributed by atoms with Crippen molar-refractivity contribution in [1.82, 2.24) is 4.90 Å². The molecule has 0 aliphatic carbocycles. The summed E-state index contributed by atoms with van der Waals surface area (Å²) in [6.45, 7) is 4.47. The summed E-state index contributed by atoms with van der Waals surface area (Å²) in [6.07, 6.45) is 1.14. The van der Waals surface area contributed by atoms with Crippen LogP contribution in [0.4, 0.5) is 5.69 Å². The highest BCUT2D eigenvalue weighted by Gasteiger charge is 2.32. The smallest absolute Gasteiger partial charge is 0.323 e. The van der Waals surface area contributed by atoms with Gasteiger partial charge in [0.15, 0.2) is 0 Å². The van der Waals surface area contributed by atoms with Crippen LogP contribution in [0.1, 0.15) is 26.7 Å². The molecule has 1 aliphatic heterocycles. The molecule has 24 heavy (non-hydrogen) atoms. The topological polar surface area (TPSA) is 77.9 Å². The molecular weight excluding hydrogens is 308 g/mol. The minimum Gasteiger partial charge on any atom is -0.480 e. The summed E-state index contributed by atoms with van der Waals surface area (Å²) in [7, 11) is 0. The molecule has 1 aliphatic rings. The zero-order chi connectivity index (χ0) is 17.7. The van der Waals surface area contributed by atoms with Crippen molar-refractivity contribution in [2.45, 2.75) is 26.7 Å². The molecule has 0 atom stereocenters. The number of hydrogen-bond acceptors (Lipinski definition) is 3. The molecular formula is C18H24N2O4. The number of para-hydroxylation sites is 1. The normalized spacial score (nSPS) is 15.4. The lowest BCUT2D eigenvalue weighted by Crippen LogP contribution is -2.46. The summed E-state index contributed by atoms with van der Waals surface area (Å²) in [5.41, 5.74) is 0.589. The van der Waals surface area contributed by atoms with Crippen molar-refractivity contribution in [2.75, 3.05) is 24.5 Å². The maximum atomic E-state index is 12.8. The molecule has 1 saturated heterocycles. The molecule has 0 bridgehead atoms. The lowest BCUT2D eigenvalue weighted by molar-refractivity contribution is -0.138. The van der Waals surface area contributed by atoms with Crippen LogP contribution in [-0.2, 0) is 14.4 Å². The Hall–Kier alpha value is -2.37. The lowest BCUT2D eigenvalue weighted by Gasteiger charge is -2.34. The van der Waals surface area contributed by atoms with Gasteiger partial charge >= 0.3 is 5.97 Å². The Morgan fingerprint density at radius 1 is 1.17 bits per heavy atom. The van der Waals surface area contributed by atoms with Crippen LogP contribution in [0.5, 0.6) is 0 Å². The van der Waals surface area contributed by atoms with Gasteiger partial charge in [0.05, 0.1) is 0 Å². The maximum Gasteiger partial charge on any atom is 0.323 e. The van der Waals surface area contributed by atoms with Gasteiger partial charge in [-0.15, -0.1) is 0 Å². The number of anilines is 1. The Morgan fingerprint density at radius 2 is 1.75 bits per heavy atom. The average molecular weight is 332 g/mol. The molecule has 2 rings (SSSR count). The van der Waals surface area contributed by atoms with E-state index in [9.17, 15) is 14.4 Å². The number of carboxylic acid groups (broad SMARTS) is 1. The van der Waals surface area contributed by atoms with Gasteiger partial charge in [-0.25, -0.2) is 0 Å². The van der Waals surface area contributed by atoms with E-state index in [-0.39, 0.29) is 30.2 Å². The van der Waals surface area contributed by atoms with Crippen LogP contribution in [0.25, 0.3) is 0 Å². The molecule has 130 valence electrons. The van der Waals surface area contributed by atoms with Crippen LogP contribution >= 0.6 is 0 Å². The number of rotatable bonds is 5. The molecule has 6 heteroatoms. The van der Waals surface area contributed by atoms with E-state index in [1.54, 1.807) is 29.2 Å². The first-order chi connectivity index (χ1) is 11.4. The van der Waals surface area contributed by atoms with Crippen molar-refractivity contribution in [3.05, 3.63) is 30.3 Å². The zero-order valence-corrected chi connectivity index (χ0v) is 14.1. The summed E-state index contributed by atoms with van der Waals surface area (Å²) in [6, 6.07) is 8.85. The minimum atomic E-state index is -1.04. The Labute approximate surface area is 142 Å². The maximum absolute atomic E-state index is 12.8. The average Bonchev–Trinajstić information content (AvgIpc) is 2.59. The van der Waals surface area contributed by atoms with E-state index >= 15 is 0 Å². The van der Waals surface area contributed by atoms with Gasteiger partial charge in [0, 0.05) is 30.6 Å². The highest BCUT2D eigenvalue weighted by Crippen LogP contribution is 2.24. The van der Waals surface area contributed by atoms with Gasteiger partial charge in [-0.2, -0.15) is 0 Å². The second-order valence-electron chi connectivity index (χ2n) is 6.41. The number of hydrogen-bond donors (Lipinski definition) is 1. The highest BCUT2D eigenvalue weighted by atomic mass is 16.4. The van der Waals surface area contributed by atoms with E-state index in [0.717, 1.165) is 0 Å². The molecule has 1 heterocycles. The molecule has 1 fully saturated rings. The molecule has 0 aromatic heterocycles. The molecule has 1 aromatic carbocycles. The number of carbonyl (C=O) groups is 3. The molecule has 1 aromatic rings. The quantitative estimate of drug-likeness (QED) is 0.894. The summed E-state index contributed by atoms with van der Waals surface area (Å²) in [5, 5.41) is 9.12. The van der Waals surface area contributed by atoms with Gasteiger partial charge in [0.25, 0.3) is 0 Å². The number of carboxylic acids is 1. The van der Waals surface area contributed by atoms with E-state index in [4.69, 9.17) is 5.11 Å². The zero-order valence-electron chi connectivity index (χ0n) is 14.1. The number of amides is 2. The summed E-state index contributed by atoms with van der Waals surface area (Å²) < 4.78 is 0. The van der Waals surface area contributed by atoms with Crippen LogP contribution in [0.2, 0.25) is 0 Å². The second kappa shape index (κ2) is 7.95. The van der Waals surface area contributed by atoms with Crippen LogP contribution in [-0.4, -0.2) is 47.4 Å². The monoisotopic (exact) mass is 332 g/mol.